The molecule has 19 heavy (non-hydrogen) atoms. The van der Waals surface area contributed by atoms with E-state index in [1.807, 2.05) is 23.1 Å². The van der Waals surface area contributed by atoms with Crippen LogP contribution in [0.2, 0.25) is 0 Å². The van der Waals surface area contributed by atoms with Crippen molar-refractivity contribution < 1.29 is 9.53 Å². The van der Waals surface area contributed by atoms with E-state index >= 15 is 0 Å². The van der Waals surface area contributed by atoms with E-state index in [2.05, 4.69) is 31.9 Å². The molecule has 104 valence electrons. The number of rotatable bonds is 3. The Morgan fingerprint density at radius 2 is 2.32 bits per heavy atom. The minimum Gasteiger partial charge on any atom is -0.496 e. The molecule has 1 amide bonds. The predicted octanol–water partition coefficient (Wildman–Crippen LogP) is 3.70. The molecular weight excluding hydrogens is 374 g/mol. The van der Waals surface area contributed by atoms with E-state index in [9.17, 15) is 4.79 Å². The summed E-state index contributed by atoms with van der Waals surface area (Å²) in [4.78, 5) is 14.5. The molecule has 1 heterocycles. The summed E-state index contributed by atoms with van der Waals surface area (Å²) in [5.41, 5.74) is 0.640. The number of alkyl halides is 1. The molecule has 3 nitrogen and oxygen atoms in total. The Bertz CT molecular complexity index is 465. The molecule has 0 N–H and O–H groups in total. The maximum atomic E-state index is 12.6. The predicted molar refractivity (Wildman–Crippen MR) is 83.1 cm³/mol. The van der Waals surface area contributed by atoms with Gasteiger partial charge in [0.05, 0.1) is 12.7 Å². The van der Waals surface area contributed by atoms with E-state index in [4.69, 9.17) is 4.74 Å². The molecule has 1 aliphatic heterocycles. The van der Waals surface area contributed by atoms with Crippen molar-refractivity contribution >= 4 is 37.8 Å². The first-order valence-corrected chi connectivity index (χ1v) is 8.26. The van der Waals surface area contributed by atoms with Crippen LogP contribution in [0.1, 0.15) is 23.2 Å². The number of benzene rings is 1. The first kappa shape index (κ1) is 14.9. The molecule has 0 radical (unpaired) electrons. The zero-order valence-electron chi connectivity index (χ0n) is 10.9. The number of halogens is 2. The normalized spacial score (nSPS) is 19.3. The molecule has 1 unspecified atom stereocenters. The summed E-state index contributed by atoms with van der Waals surface area (Å²) < 4.78 is 6.22. The Kier molecular flexibility index (Phi) is 5.28. The number of hydrogen-bond donors (Lipinski definition) is 0. The fraction of sp³-hybridized carbons (Fsp3) is 0.500. The highest BCUT2D eigenvalue weighted by Gasteiger charge is 2.25. The van der Waals surface area contributed by atoms with Crippen molar-refractivity contribution in [1.29, 1.82) is 0 Å². The summed E-state index contributed by atoms with van der Waals surface area (Å²) in [6, 6.07) is 5.53. The highest BCUT2D eigenvalue weighted by molar-refractivity contribution is 9.10. The minimum atomic E-state index is 0.0648. The van der Waals surface area contributed by atoms with Crippen LogP contribution in [-0.2, 0) is 0 Å². The molecule has 0 saturated carbocycles. The van der Waals surface area contributed by atoms with Crippen LogP contribution in [0.25, 0.3) is 0 Å². The van der Waals surface area contributed by atoms with Crippen LogP contribution in [0.5, 0.6) is 5.75 Å². The number of nitrogens with zero attached hydrogens (tertiary/aromatic N) is 1. The Morgan fingerprint density at radius 3 is 3.00 bits per heavy atom. The SMILES string of the molecule is COc1cc(Br)ccc1C(=O)N1CCCC(CBr)C1. The summed E-state index contributed by atoms with van der Waals surface area (Å²) in [5.74, 6) is 1.24. The largest absolute Gasteiger partial charge is 0.496 e. The first-order valence-electron chi connectivity index (χ1n) is 6.34. The van der Waals surface area contributed by atoms with Crippen LogP contribution in [0.4, 0.5) is 0 Å². The molecule has 1 atom stereocenters. The fourth-order valence-electron chi connectivity index (χ4n) is 2.39. The second-order valence-electron chi connectivity index (χ2n) is 4.76. The van der Waals surface area contributed by atoms with Gasteiger partial charge in [0.25, 0.3) is 5.91 Å². The Morgan fingerprint density at radius 1 is 1.53 bits per heavy atom. The standard InChI is InChI=1S/C14H17Br2NO2/c1-19-13-7-11(16)4-5-12(13)14(18)17-6-2-3-10(8-15)9-17/h4-5,7,10H,2-3,6,8-9H2,1H3. The van der Waals surface area contributed by atoms with E-state index in [0.717, 1.165) is 29.3 Å². The maximum absolute atomic E-state index is 12.6. The summed E-state index contributed by atoms with van der Waals surface area (Å²) in [6.45, 7) is 1.66. The molecule has 0 bridgehead atoms. The van der Waals surface area contributed by atoms with Crippen molar-refractivity contribution in [2.24, 2.45) is 5.92 Å². The van der Waals surface area contributed by atoms with Gasteiger partial charge in [-0.05, 0) is 37.0 Å². The number of carbonyl (C=O) groups is 1. The van der Waals surface area contributed by atoms with Crippen molar-refractivity contribution in [2.75, 3.05) is 25.5 Å². The van der Waals surface area contributed by atoms with Gasteiger partial charge in [-0.15, -0.1) is 0 Å². The smallest absolute Gasteiger partial charge is 0.257 e. The van der Waals surface area contributed by atoms with Crippen LogP contribution in [-0.4, -0.2) is 36.3 Å². The zero-order chi connectivity index (χ0) is 13.8. The van der Waals surface area contributed by atoms with Crippen LogP contribution in [0, 0.1) is 5.92 Å². The maximum Gasteiger partial charge on any atom is 0.257 e. The van der Waals surface area contributed by atoms with Crippen molar-refractivity contribution in [2.45, 2.75) is 12.8 Å². The Balaban J connectivity index is 2.19. The van der Waals surface area contributed by atoms with Gasteiger partial charge in [-0.25, -0.2) is 0 Å². The molecule has 1 fully saturated rings. The molecule has 0 spiro atoms. The molecular formula is C14H17Br2NO2. The average Bonchev–Trinajstić information content (AvgIpc) is 2.46. The van der Waals surface area contributed by atoms with Crippen molar-refractivity contribution in [1.82, 2.24) is 4.90 Å². The number of ether oxygens (including phenoxy) is 1. The molecule has 1 aromatic carbocycles. The molecule has 1 aliphatic rings. The second kappa shape index (κ2) is 6.75. The molecule has 5 heteroatoms. The van der Waals surface area contributed by atoms with Gasteiger partial charge in [-0.2, -0.15) is 0 Å². The summed E-state index contributed by atoms with van der Waals surface area (Å²) in [7, 11) is 1.59. The number of amides is 1. The van der Waals surface area contributed by atoms with Gasteiger partial charge in [0.15, 0.2) is 0 Å². The number of hydrogen-bond acceptors (Lipinski definition) is 2. The zero-order valence-corrected chi connectivity index (χ0v) is 14.0. The molecule has 1 aromatic rings. The van der Waals surface area contributed by atoms with Gasteiger partial charge in [0, 0.05) is 22.9 Å². The quantitative estimate of drug-likeness (QED) is 0.736. The number of piperidine rings is 1. The van der Waals surface area contributed by atoms with Crippen LogP contribution in [0.3, 0.4) is 0 Å². The number of methoxy groups -OCH3 is 1. The third-order valence-electron chi connectivity index (χ3n) is 3.42. The third kappa shape index (κ3) is 3.51. The topological polar surface area (TPSA) is 29.5 Å². The van der Waals surface area contributed by atoms with Gasteiger partial charge in [0.1, 0.15) is 5.75 Å². The van der Waals surface area contributed by atoms with Gasteiger partial charge in [-0.1, -0.05) is 31.9 Å². The minimum absolute atomic E-state index is 0.0648. The van der Waals surface area contributed by atoms with E-state index in [-0.39, 0.29) is 5.91 Å². The Hall–Kier alpha value is -0.550. The van der Waals surface area contributed by atoms with Crippen LogP contribution in [0.15, 0.2) is 22.7 Å². The van der Waals surface area contributed by atoms with Crippen LogP contribution >= 0.6 is 31.9 Å². The van der Waals surface area contributed by atoms with Gasteiger partial charge >= 0.3 is 0 Å². The summed E-state index contributed by atoms with van der Waals surface area (Å²) in [5, 5.41) is 0.953. The third-order valence-corrected chi connectivity index (χ3v) is 4.83. The van der Waals surface area contributed by atoms with Crippen molar-refractivity contribution in [3.63, 3.8) is 0 Å². The van der Waals surface area contributed by atoms with Crippen LogP contribution < -0.4 is 4.74 Å². The molecule has 2 rings (SSSR count). The number of carbonyl (C=O) groups excluding carboxylic acids is 1. The summed E-state index contributed by atoms with van der Waals surface area (Å²) >= 11 is 6.90. The molecule has 1 saturated heterocycles. The molecule has 0 aliphatic carbocycles. The van der Waals surface area contributed by atoms with Gasteiger partial charge in [-0.3, -0.25) is 4.79 Å². The lowest BCUT2D eigenvalue weighted by Crippen LogP contribution is -2.40. The van der Waals surface area contributed by atoms with Crippen molar-refractivity contribution in [3.05, 3.63) is 28.2 Å². The van der Waals surface area contributed by atoms with E-state index in [0.29, 0.717) is 17.2 Å². The van der Waals surface area contributed by atoms with E-state index in [1.54, 1.807) is 7.11 Å². The Labute approximate surface area is 130 Å². The first-order chi connectivity index (χ1) is 9.15. The van der Waals surface area contributed by atoms with Crippen molar-refractivity contribution in [3.8, 4) is 5.75 Å². The number of likely N-dealkylation sites (tertiary alicyclic amines) is 1. The van der Waals surface area contributed by atoms with Gasteiger partial charge in [0.2, 0.25) is 0 Å². The van der Waals surface area contributed by atoms with Gasteiger partial charge < -0.3 is 9.64 Å². The summed E-state index contributed by atoms with van der Waals surface area (Å²) in [6.07, 6.45) is 2.26. The highest BCUT2D eigenvalue weighted by Crippen LogP contribution is 2.27. The lowest BCUT2D eigenvalue weighted by Gasteiger charge is -2.32. The highest BCUT2D eigenvalue weighted by atomic mass is 79.9. The lowest BCUT2D eigenvalue weighted by molar-refractivity contribution is 0.0682. The lowest BCUT2D eigenvalue weighted by atomic mass is 9.99. The second-order valence-corrected chi connectivity index (χ2v) is 6.32. The average molecular weight is 391 g/mol. The monoisotopic (exact) mass is 389 g/mol. The fourth-order valence-corrected chi connectivity index (χ4v) is 3.26. The van der Waals surface area contributed by atoms with E-state index in [1.165, 1.54) is 6.42 Å². The van der Waals surface area contributed by atoms with E-state index < -0.39 is 0 Å². The molecule has 0 aromatic heterocycles.